The quantitative estimate of drug-likeness (QED) is 0.221. The SMILES string of the molecule is O=C1c2c(-c3ccccc3)ccc(-c3ccccc3)c2[C@]2(O)O[C@]1(O)c1c(-c3ccccc3)ccc(-c3ccccc3)c1C2=O. The zero-order valence-corrected chi connectivity index (χ0v) is 24.0. The van der Waals surface area contributed by atoms with E-state index in [1.807, 2.05) is 121 Å². The van der Waals surface area contributed by atoms with Crippen molar-refractivity contribution in [3.63, 3.8) is 0 Å². The second kappa shape index (κ2) is 10.0. The average molecular weight is 587 g/mol. The van der Waals surface area contributed by atoms with E-state index in [1.165, 1.54) is 0 Å². The lowest BCUT2D eigenvalue weighted by Crippen LogP contribution is -2.59. The molecule has 45 heavy (non-hydrogen) atoms. The molecule has 2 aliphatic heterocycles. The molecule has 0 spiro atoms. The minimum absolute atomic E-state index is 0.0181. The van der Waals surface area contributed by atoms with Gasteiger partial charge in [0.25, 0.3) is 11.6 Å². The summed E-state index contributed by atoms with van der Waals surface area (Å²) in [7, 11) is 0. The zero-order valence-electron chi connectivity index (χ0n) is 24.0. The minimum Gasteiger partial charge on any atom is -0.355 e. The molecule has 0 amide bonds. The van der Waals surface area contributed by atoms with Crippen LogP contribution in [0.15, 0.2) is 146 Å². The van der Waals surface area contributed by atoms with Crippen LogP contribution in [0.5, 0.6) is 0 Å². The molecule has 6 aromatic rings. The molecule has 0 aliphatic carbocycles. The first-order chi connectivity index (χ1) is 21.9. The number of aliphatic hydroxyl groups is 2. The van der Waals surface area contributed by atoms with Gasteiger partial charge in [0.2, 0.25) is 11.6 Å². The highest BCUT2D eigenvalue weighted by Crippen LogP contribution is 2.56. The van der Waals surface area contributed by atoms with Crippen molar-refractivity contribution in [2.24, 2.45) is 0 Å². The Hall–Kier alpha value is -5.46. The fraction of sp³-hybridized carbons (Fsp3) is 0.0500. The maximum atomic E-state index is 15.0. The average Bonchev–Trinajstić information content (AvgIpc) is 3.10. The molecule has 2 heterocycles. The molecule has 0 fully saturated rings. The van der Waals surface area contributed by atoms with Crippen LogP contribution >= 0.6 is 0 Å². The van der Waals surface area contributed by atoms with Crippen LogP contribution in [-0.2, 0) is 16.3 Å². The third kappa shape index (κ3) is 3.92. The van der Waals surface area contributed by atoms with Crippen molar-refractivity contribution in [1.82, 2.24) is 0 Å². The van der Waals surface area contributed by atoms with Gasteiger partial charge < -0.3 is 10.2 Å². The van der Waals surface area contributed by atoms with E-state index in [4.69, 9.17) is 4.74 Å². The Morgan fingerprint density at radius 2 is 0.644 bits per heavy atom. The molecule has 216 valence electrons. The van der Waals surface area contributed by atoms with Gasteiger partial charge in [-0.1, -0.05) is 146 Å². The second-order valence-corrected chi connectivity index (χ2v) is 11.3. The summed E-state index contributed by atoms with van der Waals surface area (Å²) in [5.74, 6) is -6.87. The topological polar surface area (TPSA) is 83.8 Å². The summed E-state index contributed by atoms with van der Waals surface area (Å²) in [4.78, 5) is 29.9. The number of carbonyl (C=O) groups excluding carboxylic acids is 2. The van der Waals surface area contributed by atoms with E-state index in [-0.39, 0.29) is 22.3 Å². The van der Waals surface area contributed by atoms with Gasteiger partial charge in [-0.3, -0.25) is 14.3 Å². The molecule has 0 unspecified atom stereocenters. The van der Waals surface area contributed by atoms with Gasteiger partial charge in [0, 0.05) is 22.3 Å². The molecule has 2 aliphatic rings. The van der Waals surface area contributed by atoms with Gasteiger partial charge in [-0.15, -0.1) is 0 Å². The third-order valence-electron chi connectivity index (χ3n) is 8.79. The van der Waals surface area contributed by atoms with E-state index >= 15 is 0 Å². The summed E-state index contributed by atoms with van der Waals surface area (Å²) >= 11 is 0. The first-order valence-electron chi connectivity index (χ1n) is 14.7. The molecule has 0 saturated carbocycles. The molecule has 6 aromatic carbocycles. The summed E-state index contributed by atoms with van der Waals surface area (Å²) < 4.78 is 6.09. The first-order valence-corrected chi connectivity index (χ1v) is 14.7. The Balaban J connectivity index is 1.51. The number of Topliss-reactive ketones (excluding diaryl/α,β-unsaturated/α-hetero) is 2. The van der Waals surface area contributed by atoms with E-state index in [0.717, 1.165) is 0 Å². The Labute approximate surface area is 259 Å². The first kappa shape index (κ1) is 27.1. The Kier molecular flexibility index (Phi) is 6.05. The monoisotopic (exact) mass is 586 g/mol. The standard InChI is InChI=1S/C40H26O5/c41-37-33-29(25-13-5-1-6-14-25)21-23-31(27-17-9-3-10-18-27)35(33)39(43)38(42)34-30(26-15-7-2-8-16-26)22-24-32(28-19-11-4-12-20-28)36(34)40(37,44)45-39/h1-24,43-44H/t39-,40+. The number of hydrogen-bond acceptors (Lipinski definition) is 5. The van der Waals surface area contributed by atoms with Crippen molar-refractivity contribution in [3.8, 4) is 44.5 Å². The molecule has 5 heteroatoms. The lowest BCUT2D eigenvalue weighted by Gasteiger charge is -2.48. The van der Waals surface area contributed by atoms with Crippen molar-refractivity contribution < 1.29 is 24.5 Å². The third-order valence-corrected chi connectivity index (χ3v) is 8.79. The molecule has 5 nitrogen and oxygen atoms in total. The number of benzene rings is 6. The van der Waals surface area contributed by atoms with Crippen LogP contribution in [0, 0.1) is 0 Å². The van der Waals surface area contributed by atoms with Crippen LogP contribution in [0.2, 0.25) is 0 Å². The summed E-state index contributed by atoms with van der Waals surface area (Å²) in [5, 5.41) is 25.2. The van der Waals surface area contributed by atoms with Gasteiger partial charge in [0.1, 0.15) is 0 Å². The van der Waals surface area contributed by atoms with Crippen LogP contribution in [-0.4, -0.2) is 21.8 Å². The summed E-state index contributed by atoms with van der Waals surface area (Å²) in [6, 6.07) is 44.2. The molecule has 2 bridgehead atoms. The number of ketones is 2. The predicted octanol–water partition coefficient (Wildman–Crippen LogP) is 7.75. The van der Waals surface area contributed by atoms with E-state index in [1.54, 1.807) is 24.3 Å². The van der Waals surface area contributed by atoms with Gasteiger partial charge >= 0.3 is 0 Å². The minimum atomic E-state index is -2.68. The van der Waals surface area contributed by atoms with E-state index in [2.05, 4.69) is 0 Å². The Bertz CT molecular complexity index is 1970. The molecule has 8 rings (SSSR count). The van der Waals surface area contributed by atoms with Crippen LogP contribution in [0.25, 0.3) is 44.5 Å². The molecule has 2 N–H and O–H groups in total. The smallest absolute Gasteiger partial charge is 0.263 e. The van der Waals surface area contributed by atoms with Crippen LogP contribution in [0.1, 0.15) is 31.8 Å². The maximum Gasteiger partial charge on any atom is 0.263 e. The van der Waals surface area contributed by atoms with Crippen molar-refractivity contribution in [3.05, 3.63) is 168 Å². The Morgan fingerprint density at radius 3 is 0.956 bits per heavy atom. The fourth-order valence-electron chi connectivity index (χ4n) is 6.79. The fourth-order valence-corrected chi connectivity index (χ4v) is 6.79. The van der Waals surface area contributed by atoms with E-state index < -0.39 is 23.1 Å². The highest BCUT2D eigenvalue weighted by Gasteiger charge is 2.65. The number of fused-ring (bicyclic) bond motifs is 6. The highest BCUT2D eigenvalue weighted by atomic mass is 16.7. The zero-order chi connectivity index (χ0) is 30.8. The maximum absolute atomic E-state index is 15.0. The van der Waals surface area contributed by atoms with Crippen molar-refractivity contribution in [1.29, 1.82) is 0 Å². The summed E-state index contributed by atoms with van der Waals surface area (Å²) in [5.41, 5.74) is 4.76. The lowest BCUT2D eigenvalue weighted by atomic mass is 9.69. The summed E-state index contributed by atoms with van der Waals surface area (Å²) in [6.07, 6.45) is 0. The highest BCUT2D eigenvalue weighted by molar-refractivity contribution is 6.20. The normalized spacial score (nSPS) is 20.0. The molecule has 0 aromatic heterocycles. The predicted molar refractivity (Wildman–Crippen MR) is 172 cm³/mol. The van der Waals surface area contributed by atoms with Gasteiger partial charge in [-0.05, 0) is 44.5 Å². The molecule has 2 atom stereocenters. The number of ether oxygens (including phenoxy) is 1. The van der Waals surface area contributed by atoms with Gasteiger partial charge in [0.15, 0.2) is 0 Å². The molecule has 0 saturated heterocycles. The van der Waals surface area contributed by atoms with Crippen molar-refractivity contribution >= 4 is 11.6 Å². The van der Waals surface area contributed by atoms with E-state index in [9.17, 15) is 19.8 Å². The van der Waals surface area contributed by atoms with Crippen LogP contribution < -0.4 is 0 Å². The largest absolute Gasteiger partial charge is 0.355 e. The molecular formula is C40H26O5. The second-order valence-electron chi connectivity index (χ2n) is 11.3. The number of carbonyl (C=O) groups is 2. The molecule has 0 radical (unpaired) electrons. The molecular weight excluding hydrogens is 560 g/mol. The van der Waals surface area contributed by atoms with Crippen molar-refractivity contribution in [2.45, 2.75) is 11.6 Å². The van der Waals surface area contributed by atoms with Crippen LogP contribution in [0.3, 0.4) is 0 Å². The van der Waals surface area contributed by atoms with Gasteiger partial charge in [-0.25, -0.2) is 0 Å². The lowest BCUT2D eigenvalue weighted by molar-refractivity contribution is -0.308. The summed E-state index contributed by atoms with van der Waals surface area (Å²) in [6.45, 7) is 0. The van der Waals surface area contributed by atoms with Crippen LogP contribution in [0.4, 0.5) is 0 Å². The van der Waals surface area contributed by atoms with Crippen molar-refractivity contribution in [2.75, 3.05) is 0 Å². The number of rotatable bonds is 4. The Morgan fingerprint density at radius 1 is 0.378 bits per heavy atom. The van der Waals surface area contributed by atoms with Gasteiger partial charge in [0.05, 0.1) is 0 Å². The van der Waals surface area contributed by atoms with Gasteiger partial charge in [-0.2, -0.15) is 0 Å². The number of hydrogen-bond donors (Lipinski definition) is 2. The van der Waals surface area contributed by atoms with E-state index in [0.29, 0.717) is 44.5 Å².